The molecule has 0 aliphatic heterocycles. The summed E-state index contributed by atoms with van der Waals surface area (Å²) in [7, 11) is 1.51. The molecule has 0 saturated carbocycles. The van der Waals surface area contributed by atoms with Gasteiger partial charge in [-0.25, -0.2) is 14.2 Å². The lowest BCUT2D eigenvalue weighted by molar-refractivity contribution is 0.0697. The number of nitrogens with zero attached hydrogens (tertiary/aromatic N) is 1. The number of aromatic carboxylic acids is 1. The molecule has 0 unspecified atom stereocenters. The van der Waals surface area contributed by atoms with Gasteiger partial charge in [0, 0.05) is 18.8 Å². The second-order valence-corrected chi connectivity index (χ2v) is 4.03. The number of carbonyl (C=O) groups is 1. The van der Waals surface area contributed by atoms with Gasteiger partial charge in [0.2, 0.25) is 5.88 Å². The minimum atomic E-state index is -1.18. The van der Waals surface area contributed by atoms with Crippen LogP contribution < -0.4 is 10.1 Å². The van der Waals surface area contributed by atoms with E-state index < -0.39 is 11.8 Å². The van der Waals surface area contributed by atoms with E-state index in [4.69, 9.17) is 9.84 Å². The lowest BCUT2D eigenvalue weighted by Crippen LogP contribution is -2.08. The van der Waals surface area contributed by atoms with Gasteiger partial charge in [-0.1, -0.05) is 12.1 Å². The number of hydrogen-bond donors (Lipinski definition) is 2. The molecule has 2 rings (SSSR count). The summed E-state index contributed by atoms with van der Waals surface area (Å²) in [6.45, 7) is 0.262. The van der Waals surface area contributed by atoms with E-state index in [0.717, 1.165) is 5.56 Å². The van der Waals surface area contributed by atoms with Crippen LogP contribution in [0.4, 0.5) is 10.1 Å². The average molecular weight is 276 g/mol. The summed E-state index contributed by atoms with van der Waals surface area (Å²) < 4.78 is 18.6. The van der Waals surface area contributed by atoms with Gasteiger partial charge in [-0.05, 0) is 17.7 Å². The van der Waals surface area contributed by atoms with E-state index in [1.165, 1.54) is 25.3 Å². The van der Waals surface area contributed by atoms with Crippen molar-refractivity contribution in [2.75, 3.05) is 12.4 Å². The molecule has 5 nitrogen and oxygen atoms in total. The van der Waals surface area contributed by atoms with Gasteiger partial charge in [-0.3, -0.25) is 0 Å². The third-order valence-corrected chi connectivity index (χ3v) is 2.72. The highest BCUT2D eigenvalue weighted by Gasteiger charge is 2.13. The van der Waals surface area contributed by atoms with Crippen molar-refractivity contribution in [1.29, 1.82) is 0 Å². The van der Waals surface area contributed by atoms with Crippen LogP contribution in [0.15, 0.2) is 36.5 Å². The molecule has 0 radical (unpaired) electrons. The molecule has 1 aromatic carbocycles. The van der Waals surface area contributed by atoms with Crippen LogP contribution in [0.1, 0.15) is 15.9 Å². The lowest BCUT2D eigenvalue weighted by atomic mass is 10.1. The number of nitrogens with one attached hydrogen (secondary N) is 1. The third kappa shape index (κ3) is 3.03. The molecule has 0 aliphatic rings. The fourth-order valence-electron chi connectivity index (χ4n) is 1.71. The van der Waals surface area contributed by atoms with Crippen molar-refractivity contribution in [3.05, 3.63) is 53.5 Å². The van der Waals surface area contributed by atoms with Crippen molar-refractivity contribution in [3.63, 3.8) is 0 Å². The fraction of sp³-hybridized carbons (Fsp3) is 0.143. The highest BCUT2D eigenvalue weighted by molar-refractivity contribution is 5.94. The molecule has 0 aliphatic carbocycles. The first-order valence-corrected chi connectivity index (χ1v) is 5.86. The molecule has 0 spiro atoms. The van der Waals surface area contributed by atoms with E-state index in [1.54, 1.807) is 18.3 Å². The molecule has 0 fully saturated rings. The van der Waals surface area contributed by atoms with E-state index in [2.05, 4.69) is 10.3 Å². The first kappa shape index (κ1) is 13.8. The Morgan fingerprint density at radius 2 is 2.20 bits per heavy atom. The Bertz CT molecular complexity index is 614. The molecule has 20 heavy (non-hydrogen) atoms. The average Bonchev–Trinajstić information content (AvgIpc) is 2.46. The van der Waals surface area contributed by atoms with Crippen molar-refractivity contribution in [1.82, 2.24) is 4.98 Å². The van der Waals surface area contributed by atoms with Crippen LogP contribution in [0.2, 0.25) is 0 Å². The largest absolute Gasteiger partial charge is 0.481 e. The van der Waals surface area contributed by atoms with Crippen LogP contribution in [0, 0.1) is 5.82 Å². The second-order valence-electron chi connectivity index (χ2n) is 4.03. The van der Waals surface area contributed by atoms with Crippen molar-refractivity contribution in [2.24, 2.45) is 0 Å². The van der Waals surface area contributed by atoms with E-state index in [-0.39, 0.29) is 17.8 Å². The van der Waals surface area contributed by atoms with Crippen molar-refractivity contribution in [2.45, 2.75) is 6.54 Å². The number of carboxylic acids is 1. The normalized spacial score (nSPS) is 10.1. The zero-order valence-electron chi connectivity index (χ0n) is 10.8. The Kier molecular flexibility index (Phi) is 4.14. The molecule has 104 valence electrons. The third-order valence-electron chi connectivity index (χ3n) is 2.72. The van der Waals surface area contributed by atoms with E-state index in [1.807, 2.05) is 0 Å². The molecular weight excluding hydrogens is 263 g/mol. The molecule has 2 N–H and O–H groups in total. The Hall–Kier alpha value is -2.63. The van der Waals surface area contributed by atoms with E-state index >= 15 is 0 Å². The van der Waals surface area contributed by atoms with Gasteiger partial charge >= 0.3 is 5.97 Å². The molecule has 1 aromatic heterocycles. The predicted molar refractivity (Wildman–Crippen MR) is 71.5 cm³/mol. The first-order valence-electron chi connectivity index (χ1n) is 5.86. The monoisotopic (exact) mass is 276 g/mol. The van der Waals surface area contributed by atoms with Crippen LogP contribution in [-0.2, 0) is 6.54 Å². The van der Waals surface area contributed by atoms with Gasteiger partial charge in [0.25, 0.3) is 0 Å². The van der Waals surface area contributed by atoms with Crippen LogP contribution in [0.5, 0.6) is 5.88 Å². The van der Waals surface area contributed by atoms with Crippen molar-refractivity contribution < 1.29 is 19.0 Å². The number of halogens is 1. The van der Waals surface area contributed by atoms with Gasteiger partial charge in [-0.2, -0.15) is 0 Å². The molecule has 1 heterocycles. The number of carboxylic acid groups (broad SMARTS) is 1. The minimum Gasteiger partial charge on any atom is -0.481 e. The number of pyridine rings is 1. The number of aromatic nitrogens is 1. The summed E-state index contributed by atoms with van der Waals surface area (Å²) in [5, 5.41) is 11.8. The van der Waals surface area contributed by atoms with Gasteiger partial charge in [-0.15, -0.1) is 0 Å². The summed E-state index contributed by atoms with van der Waals surface area (Å²) >= 11 is 0. The number of hydrogen-bond acceptors (Lipinski definition) is 4. The standard InChI is InChI=1S/C14H13FN2O3/c1-20-12-6-5-9(7-16-12)8-17-13-10(14(18)19)3-2-4-11(13)15/h2-7,17H,8H2,1H3,(H,18,19). The molecule has 6 heteroatoms. The molecular formula is C14H13FN2O3. The fourth-order valence-corrected chi connectivity index (χ4v) is 1.71. The molecule has 0 amide bonds. The summed E-state index contributed by atoms with van der Waals surface area (Å²) in [5.74, 6) is -1.31. The molecule has 2 aromatic rings. The van der Waals surface area contributed by atoms with Gasteiger partial charge in [0.15, 0.2) is 0 Å². The van der Waals surface area contributed by atoms with E-state index in [0.29, 0.717) is 5.88 Å². The smallest absolute Gasteiger partial charge is 0.337 e. The van der Waals surface area contributed by atoms with Crippen LogP contribution >= 0.6 is 0 Å². The maximum atomic E-state index is 13.7. The minimum absolute atomic E-state index is 0.0316. The second kappa shape index (κ2) is 6.01. The summed E-state index contributed by atoms with van der Waals surface area (Å²) in [6, 6.07) is 7.36. The van der Waals surface area contributed by atoms with Gasteiger partial charge in [0.1, 0.15) is 5.82 Å². The highest BCUT2D eigenvalue weighted by Crippen LogP contribution is 2.20. The number of ether oxygens (including phenoxy) is 1. The Labute approximate surface area is 115 Å². The number of anilines is 1. The quantitative estimate of drug-likeness (QED) is 0.878. The summed E-state index contributed by atoms with van der Waals surface area (Å²) in [6.07, 6.45) is 1.58. The SMILES string of the molecule is COc1ccc(CNc2c(F)cccc2C(=O)O)cn1. The summed E-state index contributed by atoms with van der Waals surface area (Å²) in [4.78, 5) is 15.1. The number of para-hydroxylation sites is 1. The number of methoxy groups -OCH3 is 1. The first-order chi connectivity index (χ1) is 9.61. The molecule has 0 bridgehead atoms. The maximum Gasteiger partial charge on any atom is 0.337 e. The van der Waals surface area contributed by atoms with Crippen LogP contribution in [0.25, 0.3) is 0 Å². The Balaban J connectivity index is 2.16. The summed E-state index contributed by atoms with van der Waals surface area (Å²) in [5.41, 5.74) is 0.646. The van der Waals surface area contributed by atoms with Crippen molar-refractivity contribution in [3.8, 4) is 5.88 Å². The molecule has 0 saturated heterocycles. The lowest BCUT2D eigenvalue weighted by Gasteiger charge is -2.10. The van der Waals surface area contributed by atoms with Crippen LogP contribution in [0.3, 0.4) is 0 Å². The number of rotatable bonds is 5. The number of benzene rings is 1. The Morgan fingerprint density at radius 1 is 1.40 bits per heavy atom. The van der Waals surface area contributed by atoms with Gasteiger partial charge < -0.3 is 15.2 Å². The molecule has 0 atom stereocenters. The van der Waals surface area contributed by atoms with E-state index in [9.17, 15) is 9.18 Å². The predicted octanol–water partition coefficient (Wildman–Crippen LogP) is 2.54. The zero-order chi connectivity index (χ0) is 14.5. The zero-order valence-corrected chi connectivity index (χ0v) is 10.8. The highest BCUT2D eigenvalue weighted by atomic mass is 19.1. The van der Waals surface area contributed by atoms with Gasteiger partial charge in [0.05, 0.1) is 18.4 Å². The van der Waals surface area contributed by atoms with Crippen molar-refractivity contribution >= 4 is 11.7 Å². The van der Waals surface area contributed by atoms with Crippen LogP contribution in [-0.4, -0.2) is 23.2 Å². The topological polar surface area (TPSA) is 71.5 Å². The Morgan fingerprint density at radius 3 is 2.80 bits per heavy atom. The maximum absolute atomic E-state index is 13.7.